The number of nitrogens with zero attached hydrogens (tertiary/aromatic N) is 6. The molecule has 5 aromatic heterocycles. The lowest BCUT2D eigenvalue weighted by Crippen LogP contribution is -2.08. The maximum atomic E-state index is 11.9. The Hall–Kier alpha value is -7.48. The number of nitrogens with one attached hydrogen (secondary N) is 4. The molecule has 0 spiro atoms. The summed E-state index contributed by atoms with van der Waals surface area (Å²) in [6.45, 7) is 5.65. The molecule has 5 heterocycles. The fraction of sp³-hybridized carbons (Fsp3) is 0.100. The largest absolute Gasteiger partial charge is 0.324 e. The minimum atomic E-state index is -0.252. The molecule has 0 radical (unpaired) electrons. The normalized spacial score (nSPS) is 11.3. The summed E-state index contributed by atoms with van der Waals surface area (Å²) in [6.07, 6.45) is 20.1. The van der Waals surface area contributed by atoms with E-state index in [4.69, 9.17) is 9.97 Å². The Morgan fingerprint density at radius 1 is 0.370 bits per heavy atom. The van der Waals surface area contributed by atoms with Crippen molar-refractivity contribution in [2.24, 2.45) is 0 Å². The van der Waals surface area contributed by atoms with Crippen LogP contribution in [-0.2, 0) is 19.2 Å². The molecule has 5 rings (SSSR count). The van der Waals surface area contributed by atoms with Crippen LogP contribution in [0.1, 0.15) is 73.2 Å². The van der Waals surface area contributed by atoms with Gasteiger partial charge in [0.2, 0.25) is 23.6 Å². The summed E-state index contributed by atoms with van der Waals surface area (Å²) >= 11 is 0. The molecule has 0 unspecified atom stereocenters. The predicted octanol–water partition coefficient (Wildman–Crippen LogP) is 6.57. The van der Waals surface area contributed by atoms with Crippen LogP contribution in [0.2, 0.25) is 0 Å². The van der Waals surface area contributed by atoms with Gasteiger partial charge in [-0.2, -0.15) is 0 Å². The average Bonchev–Trinajstić information content (AvgIpc) is 3.13. The Labute approximate surface area is 311 Å². The van der Waals surface area contributed by atoms with E-state index in [-0.39, 0.29) is 23.6 Å². The second-order valence-corrected chi connectivity index (χ2v) is 11.6. The average molecular weight is 721 g/mol. The topological polar surface area (TPSA) is 194 Å². The van der Waals surface area contributed by atoms with Crippen LogP contribution in [0, 0.1) is 0 Å². The first-order valence-electron chi connectivity index (χ1n) is 16.6. The fourth-order valence-electron chi connectivity index (χ4n) is 4.99. The number of carbonyl (C=O) groups excluding carboxylic acids is 4. The molecule has 0 saturated heterocycles. The van der Waals surface area contributed by atoms with E-state index in [1.807, 2.05) is 0 Å². The van der Waals surface area contributed by atoms with Crippen molar-refractivity contribution in [1.29, 1.82) is 0 Å². The third-order valence-electron chi connectivity index (χ3n) is 7.20. The van der Waals surface area contributed by atoms with Gasteiger partial charge in [0.05, 0.1) is 68.3 Å². The molecule has 14 nitrogen and oxygen atoms in total. The summed E-state index contributed by atoms with van der Waals surface area (Å²) in [6, 6.07) is 13.8. The minimum absolute atomic E-state index is 0.252. The summed E-state index contributed by atoms with van der Waals surface area (Å²) in [5.74, 6) is -1.01. The predicted molar refractivity (Wildman–Crippen MR) is 212 cm³/mol. The van der Waals surface area contributed by atoms with Gasteiger partial charge < -0.3 is 21.3 Å². The SMILES string of the molecule is CC(=O)Nc1cccnc1C=Cc1nc(C=Cc2ncccc2NC(C)=O)c(C=Cc2ncccc2NC(C)=O)nc1C=Cc1ncccc1NC(C)=O. The molecule has 0 bridgehead atoms. The molecule has 0 aliphatic rings. The van der Waals surface area contributed by atoms with E-state index in [0.29, 0.717) is 68.3 Å². The number of rotatable bonds is 12. The summed E-state index contributed by atoms with van der Waals surface area (Å²) in [4.78, 5) is 75.3. The zero-order valence-corrected chi connectivity index (χ0v) is 29.9. The summed E-state index contributed by atoms with van der Waals surface area (Å²) in [5.41, 5.74) is 5.62. The number of anilines is 4. The van der Waals surface area contributed by atoms with Gasteiger partial charge in [0.15, 0.2) is 0 Å². The minimum Gasteiger partial charge on any atom is -0.324 e. The highest BCUT2D eigenvalue weighted by atomic mass is 16.2. The van der Waals surface area contributed by atoms with E-state index >= 15 is 0 Å². The highest BCUT2D eigenvalue weighted by Gasteiger charge is 2.12. The fourth-order valence-corrected chi connectivity index (χ4v) is 4.99. The molecule has 4 N–H and O–H groups in total. The van der Waals surface area contributed by atoms with Crippen molar-refractivity contribution in [2.45, 2.75) is 27.7 Å². The second-order valence-electron chi connectivity index (χ2n) is 11.6. The van der Waals surface area contributed by atoms with Crippen molar-refractivity contribution in [3.05, 3.63) is 119 Å². The first-order valence-corrected chi connectivity index (χ1v) is 16.6. The highest BCUT2D eigenvalue weighted by molar-refractivity contribution is 5.95. The molecule has 0 atom stereocenters. The number of aromatic nitrogens is 6. The molecular weight excluding hydrogens is 685 g/mol. The molecule has 0 fully saturated rings. The molecule has 54 heavy (non-hydrogen) atoms. The Kier molecular flexibility index (Phi) is 12.7. The van der Waals surface area contributed by atoms with Gasteiger partial charge in [0, 0.05) is 52.5 Å². The van der Waals surface area contributed by atoms with Gasteiger partial charge in [-0.3, -0.25) is 39.1 Å². The molecule has 0 aromatic carbocycles. The van der Waals surface area contributed by atoms with Crippen LogP contribution in [0.25, 0.3) is 48.6 Å². The highest BCUT2D eigenvalue weighted by Crippen LogP contribution is 2.24. The standard InChI is InChI=1S/C40H36N10O4/c1-25(51)45-33-9-5-21-41-29(33)13-17-37-38(18-14-30-34(46-26(2)52)10-6-22-42-30)50-40(20-16-32-36(48-28(4)54)12-8-24-44-32)39(49-37)19-15-31-35(47-27(3)53)11-7-23-43-31/h5-24H,1-4H3,(H,45,51)(H,46,52)(H,47,53)(H,48,54). The van der Waals surface area contributed by atoms with E-state index in [9.17, 15) is 19.2 Å². The van der Waals surface area contributed by atoms with E-state index in [1.54, 1.807) is 122 Å². The quantitative estimate of drug-likeness (QED) is 0.109. The molecular formula is C40H36N10O4. The van der Waals surface area contributed by atoms with Gasteiger partial charge in [0.1, 0.15) is 0 Å². The van der Waals surface area contributed by atoms with Crippen LogP contribution in [-0.4, -0.2) is 53.5 Å². The molecule has 14 heteroatoms. The third kappa shape index (κ3) is 10.8. The molecule has 0 aliphatic carbocycles. The summed E-state index contributed by atoms with van der Waals surface area (Å²) in [5, 5.41) is 11.1. The zero-order valence-electron chi connectivity index (χ0n) is 29.9. The molecule has 270 valence electrons. The second kappa shape index (κ2) is 18.1. The molecule has 0 aliphatic heterocycles. The number of hydrogen-bond donors (Lipinski definition) is 4. The van der Waals surface area contributed by atoms with Gasteiger partial charge in [-0.1, -0.05) is 0 Å². The number of hydrogen-bond acceptors (Lipinski definition) is 10. The smallest absolute Gasteiger partial charge is 0.221 e. The monoisotopic (exact) mass is 720 g/mol. The molecule has 0 saturated carbocycles. The first-order chi connectivity index (χ1) is 26.0. The van der Waals surface area contributed by atoms with E-state index in [0.717, 1.165) is 0 Å². The Bertz CT molecular complexity index is 2010. The van der Waals surface area contributed by atoms with E-state index in [2.05, 4.69) is 41.2 Å². The Morgan fingerprint density at radius 3 is 0.778 bits per heavy atom. The van der Waals surface area contributed by atoms with Crippen LogP contribution < -0.4 is 21.3 Å². The van der Waals surface area contributed by atoms with Crippen LogP contribution in [0.4, 0.5) is 22.7 Å². The van der Waals surface area contributed by atoms with Gasteiger partial charge in [-0.15, -0.1) is 0 Å². The molecule has 5 aromatic rings. The number of carbonyl (C=O) groups is 4. The zero-order chi connectivity index (χ0) is 38.5. The Morgan fingerprint density at radius 2 is 0.574 bits per heavy atom. The maximum Gasteiger partial charge on any atom is 0.221 e. The van der Waals surface area contributed by atoms with Crippen LogP contribution in [0.15, 0.2) is 73.3 Å². The lowest BCUT2D eigenvalue weighted by Gasteiger charge is -2.10. The van der Waals surface area contributed by atoms with Crippen molar-refractivity contribution < 1.29 is 19.2 Å². The van der Waals surface area contributed by atoms with Gasteiger partial charge in [-0.25, -0.2) is 9.97 Å². The maximum absolute atomic E-state index is 11.9. The summed E-state index contributed by atoms with van der Waals surface area (Å²) in [7, 11) is 0. The van der Waals surface area contributed by atoms with Crippen molar-refractivity contribution in [1.82, 2.24) is 29.9 Å². The van der Waals surface area contributed by atoms with E-state index < -0.39 is 0 Å². The number of pyridine rings is 4. The Balaban J connectivity index is 1.70. The summed E-state index contributed by atoms with van der Waals surface area (Å²) < 4.78 is 0. The molecule has 4 amide bonds. The lowest BCUT2D eigenvalue weighted by atomic mass is 10.1. The van der Waals surface area contributed by atoms with E-state index in [1.165, 1.54) is 27.7 Å². The van der Waals surface area contributed by atoms with Gasteiger partial charge in [-0.05, 0) is 97.1 Å². The van der Waals surface area contributed by atoms with Gasteiger partial charge >= 0.3 is 0 Å². The van der Waals surface area contributed by atoms with Crippen molar-refractivity contribution in [3.63, 3.8) is 0 Å². The van der Waals surface area contributed by atoms with Crippen LogP contribution in [0.3, 0.4) is 0 Å². The van der Waals surface area contributed by atoms with Gasteiger partial charge in [0.25, 0.3) is 0 Å². The van der Waals surface area contributed by atoms with Crippen molar-refractivity contribution in [3.8, 4) is 0 Å². The van der Waals surface area contributed by atoms with Crippen LogP contribution >= 0.6 is 0 Å². The lowest BCUT2D eigenvalue weighted by molar-refractivity contribution is -0.115. The van der Waals surface area contributed by atoms with Crippen molar-refractivity contribution >= 4 is 95.0 Å². The third-order valence-corrected chi connectivity index (χ3v) is 7.20. The van der Waals surface area contributed by atoms with Crippen molar-refractivity contribution in [2.75, 3.05) is 21.3 Å². The number of amides is 4. The first kappa shape index (κ1) is 37.8. The van der Waals surface area contributed by atoms with Crippen LogP contribution in [0.5, 0.6) is 0 Å².